The number of piperidine rings is 1. The van der Waals surface area contributed by atoms with Crippen LogP contribution in [-0.4, -0.2) is 43.1 Å². The van der Waals surface area contributed by atoms with E-state index in [9.17, 15) is 14.7 Å². The molecule has 172 valence electrons. The fraction of sp³-hybridized carbons (Fsp3) is 0.370. The van der Waals surface area contributed by atoms with Gasteiger partial charge in [-0.25, -0.2) is 4.98 Å². The van der Waals surface area contributed by atoms with Crippen molar-refractivity contribution >= 4 is 5.91 Å². The Morgan fingerprint density at radius 2 is 1.73 bits per heavy atom. The molecule has 1 atom stereocenters. The lowest BCUT2D eigenvalue weighted by molar-refractivity contribution is -0.148. The van der Waals surface area contributed by atoms with Gasteiger partial charge in [-0.15, -0.1) is 0 Å². The van der Waals surface area contributed by atoms with Crippen molar-refractivity contribution in [2.45, 2.75) is 57.2 Å². The summed E-state index contributed by atoms with van der Waals surface area (Å²) in [5.74, 6) is 0.0944. The van der Waals surface area contributed by atoms with E-state index in [1.54, 1.807) is 0 Å². The van der Waals surface area contributed by atoms with Crippen LogP contribution in [0.25, 0.3) is 11.3 Å². The van der Waals surface area contributed by atoms with E-state index in [0.717, 1.165) is 11.1 Å². The number of aliphatic hydroxyl groups is 1. The summed E-state index contributed by atoms with van der Waals surface area (Å²) in [4.78, 5) is 32.0. The Morgan fingerprint density at radius 1 is 1.06 bits per heavy atom. The number of aryl methyl sites for hydroxylation is 1. The summed E-state index contributed by atoms with van der Waals surface area (Å²) in [6.45, 7) is 4.58. The summed E-state index contributed by atoms with van der Waals surface area (Å²) in [7, 11) is 0. The number of hydrogen-bond donors (Lipinski definition) is 1. The zero-order valence-electron chi connectivity index (χ0n) is 19.3. The Kier molecular flexibility index (Phi) is 6.47. The van der Waals surface area contributed by atoms with E-state index in [-0.39, 0.29) is 18.0 Å². The van der Waals surface area contributed by atoms with Gasteiger partial charge in [-0.3, -0.25) is 14.2 Å². The van der Waals surface area contributed by atoms with Gasteiger partial charge in [0.05, 0.1) is 24.2 Å². The fourth-order valence-electron chi connectivity index (χ4n) is 4.87. The van der Waals surface area contributed by atoms with E-state index in [1.165, 1.54) is 17.0 Å². The molecule has 4 rings (SSSR count). The lowest BCUT2D eigenvalue weighted by Gasteiger charge is -2.49. The summed E-state index contributed by atoms with van der Waals surface area (Å²) in [5.41, 5.74) is 0.840. The Hall–Kier alpha value is -3.25. The van der Waals surface area contributed by atoms with Crippen molar-refractivity contribution in [1.29, 1.82) is 0 Å². The van der Waals surface area contributed by atoms with Gasteiger partial charge in [0.2, 0.25) is 5.91 Å². The van der Waals surface area contributed by atoms with Crippen LogP contribution in [0.2, 0.25) is 0 Å². The summed E-state index contributed by atoms with van der Waals surface area (Å²) < 4.78 is 1.47. The summed E-state index contributed by atoms with van der Waals surface area (Å²) in [6, 6.07) is 21.0. The van der Waals surface area contributed by atoms with Crippen molar-refractivity contribution in [3.63, 3.8) is 0 Å². The highest BCUT2D eigenvalue weighted by Crippen LogP contribution is 2.36. The molecule has 0 saturated carbocycles. The summed E-state index contributed by atoms with van der Waals surface area (Å²) >= 11 is 0. The molecule has 2 heterocycles. The molecule has 1 N–H and O–H groups in total. The van der Waals surface area contributed by atoms with Gasteiger partial charge in [0, 0.05) is 36.6 Å². The molecular formula is C27H31N3O3. The number of rotatable bonds is 6. The molecule has 0 spiro atoms. The third kappa shape index (κ3) is 5.40. The topological polar surface area (TPSA) is 75.4 Å². The third-order valence-electron chi connectivity index (χ3n) is 6.48. The minimum Gasteiger partial charge on any atom is -0.388 e. The normalized spacial score (nSPS) is 19.9. The number of hydrogen-bond acceptors (Lipinski definition) is 4. The van der Waals surface area contributed by atoms with Crippen molar-refractivity contribution in [3.05, 3.63) is 89.0 Å². The molecule has 1 unspecified atom stereocenters. The van der Waals surface area contributed by atoms with E-state index < -0.39 is 11.1 Å². The molecule has 2 aromatic carbocycles. The standard InChI is InChI=1S/C27H31N3O3/c1-26(2)18-27(33,15-16-30(26)24(31)14-13-21-9-5-3-6-10-21)19-29-20-28-23(17-25(29)32)22-11-7-4-8-12-22/h3-12,17,20,33H,13-16,18-19H2,1-2H3. The molecule has 3 aromatic rings. The summed E-state index contributed by atoms with van der Waals surface area (Å²) in [5, 5.41) is 11.4. The van der Waals surface area contributed by atoms with Gasteiger partial charge in [-0.2, -0.15) is 0 Å². The predicted molar refractivity (Wildman–Crippen MR) is 129 cm³/mol. The lowest BCUT2D eigenvalue weighted by Crippen LogP contribution is -2.59. The minimum absolute atomic E-state index is 0.0944. The molecule has 6 nitrogen and oxygen atoms in total. The molecule has 33 heavy (non-hydrogen) atoms. The van der Waals surface area contributed by atoms with Crippen LogP contribution in [-0.2, 0) is 17.8 Å². The molecular weight excluding hydrogens is 414 g/mol. The van der Waals surface area contributed by atoms with Crippen molar-refractivity contribution in [1.82, 2.24) is 14.5 Å². The second-order valence-corrected chi connectivity index (χ2v) is 9.60. The zero-order chi connectivity index (χ0) is 23.5. The van der Waals surface area contributed by atoms with Crippen LogP contribution < -0.4 is 5.56 Å². The van der Waals surface area contributed by atoms with Crippen LogP contribution >= 0.6 is 0 Å². The van der Waals surface area contributed by atoms with Crippen LogP contribution in [0.15, 0.2) is 77.9 Å². The van der Waals surface area contributed by atoms with Gasteiger partial charge in [0.25, 0.3) is 5.56 Å². The van der Waals surface area contributed by atoms with Crippen LogP contribution in [0.3, 0.4) is 0 Å². The highest BCUT2D eigenvalue weighted by atomic mass is 16.3. The minimum atomic E-state index is -1.08. The molecule has 6 heteroatoms. The molecule has 1 aliphatic heterocycles. The number of nitrogens with zero attached hydrogens (tertiary/aromatic N) is 3. The molecule has 0 aliphatic carbocycles. The fourth-order valence-corrected chi connectivity index (χ4v) is 4.87. The SMILES string of the molecule is CC1(C)CC(O)(Cn2cnc(-c3ccccc3)cc2=O)CCN1C(=O)CCc1ccccc1. The van der Waals surface area contributed by atoms with E-state index in [4.69, 9.17) is 0 Å². The first kappa shape index (κ1) is 22.9. The molecule has 1 fully saturated rings. The maximum atomic E-state index is 13.0. The van der Waals surface area contributed by atoms with Crippen molar-refractivity contribution in [2.24, 2.45) is 0 Å². The van der Waals surface area contributed by atoms with Crippen LogP contribution in [0.5, 0.6) is 0 Å². The van der Waals surface area contributed by atoms with E-state index in [2.05, 4.69) is 4.98 Å². The number of carbonyl (C=O) groups excluding carboxylic acids is 1. The number of likely N-dealkylation sites (tertiary alicyclic amines) is 1. The van der Waals surface area contributed by atoms with Crippen molar-refractivity contribution in [2.75, 3.05) is 6.54 Å². The molecule has 1 aromatic heterocycles. The number of aromatic nitrogens is 2. The average Bonchev–Trinajstić information content (AvgIpc) is 2.79. The van der Waals surface area contributed by atoms with Crippen molar-refractivity contribution < 1.29 is 9.90 Å². The predicted octanol–water partition coefficient (Wildman–Crippen LogP) is 3.68. The number of benzene rings is 2. The monoisotopic (exact) mass is 445 g/mol. The van der Waals surface area contributed by atoms with Crippen molar-refractivity contribution in [3.8, 4) is 11.3 Å². The second-order valence-electron chi connectivity index (χ2n) is 9.60. The van der Waals surface area contributed by atoms with Gasteiger partial charge in [0.1, 0.15) is 0 Å². The molecule has 1 aliphatic rings. The largest absolute Gasteiger partial charge is 0.388 e. The van der Waals surface area contributed by atoms with E-state index in [1.807, 2.05) is 79.4 Å². The highest BCUT2D eigenvalue weighted by Gasteiger charge is 2.44. The zero-order valence-corrected chi connectivity index (χ0v) is 19.3. The highest BCUT2D eigenvalue weighted by molar-refractivity contribution is 5.77. The maximum absolute atomic E-state index is 13.0. The van der Waals surface area contributed by atoms with Gasteiger partial charge < -0.3 is 10.0 Å². The summed E-state index contributed by atoms with van der Waals surface area (Å²) in [6.07, 6.45) is 3.46. The maximum Gasteiger partial charge on any atom is 0.253 e. The molecule has 1 saturated heterocycles. The molecule has 0 radical (unpaired) electrons. The quantitative estimate of drug-likeness (QED) is 0.628. The van der Waals surface area contributed by atoms with Crippen LogP contribution in [0.1, 0.15) is 38.7 Å². The van der Waals surface area contributed by atoms with Gasteiger partial charge in [-0.05, 0) is 32.3 Å². The van der Waals surface area contributed by atoms with Gasteiger partial charge in [0.15, 0.2) is 0 Å². The second kappa shape index (κ2) is 9.32. The first-order valence-corrected chi connectivity index (χ1v) is 11.4. The Morgan fingerprint density at radius 3 is 2.36 bits per heavy atom. The Bertz CT molecular complexity index is 1160. The first-order chi connectivity index (χ1) is 15.8. The Labute approximate surface area is 194 Å². The molecule has 0 bridgehead atoms. The average molecular weight is 446 g/mol. The third-order valence-corrected chi connectivity index (χ3v) is 6.48. The Balaban J connectivity index is 1.42. The van der Waals surface area contributed by atoms with Gasteiger partial charge >= 0.3 is 0 Å². The van der Waals surface area contributed by atoms with Crippen LogP contribution in [0, 0.1) is 0 Å². The van der Waals surface area contributed by atoms with E-state index >= 15 is 0 Å². The first-order valence-electron chi connectivity index (χ1n) is 11.4. The lowest BCUT2D eigenvalue weighted by atomic mass is 9.79. The van der Waals surface area contributed by atoms with E-state index in [0.29, 0.717) is 37.9 Å². The van der Waals surface area contributed by atoms with Crippen LogP contribution in [0.4, 0.5) is 0 Å². The number of carbonyl (C=O) groups is 1. The van der Waals surface area contributed by atoms with Gasteiger partial charge in [-0.1, -0.05) is 60.7 Å². The smallest absolute Gasteiger partial charge is 0.253 e. The number of amides is 1. The molecule has 1 amide bonds.